The highest BCUT2D eigenvalue weighted by molar-refractivity contribution is 5.17. The predicted molar refractivity (Wildman–Crippen MR) is 117 cm³/mol. The Morgan fingerprint density at radius 1 is 0.880 bits per heavy atom. The molecule has 25 heavy (non-hydrogen) atoms. The maximum atomic E-state index is 4.45. The summed E-state index contributed by atoms with van der Waals surface area (Å²) in [5.74, 6) is 0.866. The summed E-state index contributed by atoms with van der Waals surface area (Å²) in [4.78, 5) is 0. The van der Waals surface area contributed by atoms with Crippen molar-refractivity contribution < 1.29 is 0 Å². The lowest BCUT2D eigenvalue weighted by atomic mass is 9.75. The van der Waals surface area contributed by atoms with Crippen molar-refractivity contribution in [3.63, 3.8) is 0 Å². The maximum absolute atomic E-state index is 4.45. The molecule has 0 heterocycles. The Labute approximate surface area is 160 Å². The summed E-state index contributed by atoms with van der Waals surface area (Å²) in [7, 11) is 0. The molecule has 0 fully saturated rings. The molecule has 0 N–H and O–H groups in total. The highest BCUT2D eigenvalue weighted by Gasteiger charge is 2.23. The van der Waals surface area contributed by atoms with Gasteiger partial charge in [-0.3, -0.25) is 0 Å². The van der Waals surface area contributed by atoms with Gasteiger partial charge in [0, 0.05) is 0 Å². The van der Waals surface area contributed by atoms with E-state index in [0.717, 1.165) is 12.3 Å². The Morgan fingerprint density at radius 2 is 1.48 bits per heavy atom. The molecule has 0 aromatic carbocycles. The molecule has 0 aliphatic carbocycles. The van der Waals surface area contributed by atoms with E-state index in [0.29, 0.717) is 5.41 Å². The molecule has 0 spiro atoms. The average molecular weight is 349 g/mol. The summed E-state index contributed by atoms with van der Waals surface area (Å²) in [5, 5.41) is 0. The van der Waals surface area contributed by atoms with Crippen LogP contribution in [0.1, 0.15) is 125 Å². The van der Waals surface area contributed by atoms with Crippen molar-refractivity contribution in [2.75, 3.05) is 0 Å². The van der Waals surface area contributed by atoms with Crippen LogP contribution < -0.4 is 0 Å². The molecule has 0 aliphatic rings. The van der Waals surface area contributed by atoms with Crippen molar-refractivity contribution in [2.24, 2.45) is 11.3 Å². The van der Waals surface area contributed by atoms with E-state index in [1.807, 2.05) is 0 Å². The van der Waals surface area contributed by atoms with Crippen LogP contribution in [0.2, 0.25) is 0 Å². The van der Waals surface area contributed by atoms with Gasteiger partial charge in [0.25, 0.3) is 0 Å². The van der Waals surface area contributed by atoms with E-state index in [-0.39, 0.29) is 0 Å². The van der Waals surface area contributed by atoms with Crippen LogP contribution in [-0.2, 0) is 0 Å². The van der Waals surface area contributed by atoms with Crippen LogP contribution in [0.4, 0.5) is 0 Å². The molecule has 1 atom stereocenters. The van der Waals surface area contributed by atoms with Gasteiger partial charge in [0.15, 0.2) is 0 Å². The van der Waals surface area contributed by atoms with E-state index in [1.165, 1.54) is 82.6 Å². The van der Waals surface area contributed by atoms with Gasteiger partial charge < -0.3 is 0 Å². The van der Waals surface area contributed by atoms with Gasteiger partial charge >= 0.3 is 0 Å². The molecule has 0 aliphatic heterocycles. The minimum atomic E-state index is 0.388. The first kappa shape index (κ1) is 24.5. The van der Waals surface area contributed by atoms with Gasteiger partial charge in [-0.15, -0.1) is 0 Å². The Bertz CT molecular complexity index is 356. The molecular weight excluding hydrogens is 300 g/mol. The van der Waals surface area contributed by atoms with Crippen LogP contribution in [0.25, 0.3) is 0 Å². The molecule has 0 rings (SSSR count). The Morgan fingerprint density at radius 3 is 2.00 bits per heavy atom. The summed E-state index contributed by atoms with van der Waals surface area (Å²) >= 11 is 0. The van der Waals surface area contributed by atoms with E-state index in [1.54, 1.807) is 5.57 Å². The van der Waals surface area contributed by atoms with Gasteiger partial charge in [0.05, 0.1) is 0 Å². The molecule has 0 nitrogen and oxygen atoms in total. The van der Waals surface area contributed by atoms with Crippen molar-refractivity contribution in [2.45, 2.75) is 125 Å². The first-order chi connectivity index (χ1) is 12.0. The second-order valence-corrected chi connectivity index (χ2v) is 8.41. The van der Waals surface area contributed by atoms with Crippen molar-refractivity contribution in [1.82, 2.24) is 0 Å². The van der Waals surface area contributed by atoms with Crippen LogP contribution in [0.5, 0.6) is 0 Å². The van der Waals surface area contributed by atoms with Gasteiger partial charge in [0.1, 0.15) is 0 Å². The highest BCUT2D eigenvalue weighted by atomic mass is 14.3. The van der Waals surface area contributed by atoms with Gasteiger partial charge in [-0.05, 0) is 43.4 Å². The zero-order valence-corrected chi connectivity index (χ0v) is 18.6. The maximum Gasteiger partial charge on any atom is -0.0122 e. The molecule has 1 unspecified atom stereocenters. The fourth-order valence-electron chi connectivity index (χ4n) is 3.91. The normalized spacial score (nSPS) is 13.9. The second kappa shape index (κ2) is 14.6. The summed E-state index contributed by atoms with van der Waals surface area (Å²) in [6.07, 6.45) is 19.5. The fourth-order valence-corrected chi connectivity index (χ4v) is 3.91. The first-order valence-corrected chi connectivity index (χ1v) is 11.3. The summed E-state index contributed by atoms with van der Waals surface area (Å²) in [6, 6.07) is 0. The molecule has 0 heteroatoms. The van der Waals surface area contributed by atoms with Crippen LogP contribution in [0.3, 0.4) is 0 Å². The lowest BCUT2D eigenvalue weighted by molar-refractivity contribution is 0.353. The first-order valence-electron chi connectivity index (χ1n) is 11.3. The lowest BCUT2D eigenvalue weighted by Crippen LogP contribution is -2.17. The SMILES string of the molecule is C=C(CC=C(CCC)C(C)(CC)CC)CC(CCCC)CCCCC. The monoisotopic (exact) mass is 348 g/mol. The van der Waals surface area contributed by atoms with E-state index < -0.39 is 0 Å². The van der Waals surface area contributed by atoms with Crippen molar-refractivity contribution in [1.29, 1.82) is 0 Å². The third-order valence-electron chi connectivity index (χ3n) is 6.25. The Kier molecular flexibility index (Phi) is 14.3. The van der Waals surface area contributed by atoms with E-state index in [2.05, 4.69) is 54.2 Å². The van der Waals surface area contributed by atoms with Gasteiger partial charge in [-0.2, -0.15) is 0 Å². The van der Waals surface area contributed by atoms with E-state index >= 15 is 0 Å². The topological polar surface area (TPSA) is 0 Å². The summed E-state index contributed by atoms with van der Waals surface area (Å²) in [6.45, 7) is 18.5. The van der Waals surface area contributed by atoms with Crippen molar-refractivity contribution in [3.05, 3.63) is 23.8 Å². The zero-order chi connectivity index (χ0) is 19.1. The number of unbranched alkanes of at least 4 members (excludes halogenated alkanes) is 3. The fraction of sp³-hybridized carbons (Fsp3) is 0.840. The molecule has 0 aromatic rings. The zero-order valence-electron chi connectivity index (χ0n) is 18.6. The van der Waals surface area contributed by atoms with Gasteiger partial charge in [-0.1, -0.05) is 117 Å². The minimum absolute atomic E-state index is 0.388. The molecule has 0 amide bonds. The Hall–Kier alpha value is -0.520. The lowest BCUT2D eigenvalue weighted by Gasteiger charge is -2.31. The summed E-state index contributed by atoms with van der Waals surface area (Å²) in [5.41, 5.74) is 3.52. The molecule has 0 saturated carbocycles. The van der Waals surface area contributed by atoms with Crippen LogP contribution in [0, 0.1) is 11.3 Å². The van der Waals surface area contributed by atoms with Crippen LogP contribution in [-0.4, -0.2) is 0 Å². The van der Waals surface area contributed by atoms with Crippen molar-refractivity contribution >= 4 is 0 Å². The predicted octanol–water partition coefficient (Wildman–Crippen LogP) is 9.26. The second-order valence-electron chi connectivity index (χ2n) is 8.41. The molecule has 0 bridgehead atoms. The average Bonchev–Trinajstić information content (AvgIpc) is 2.62. The third kappa shape index (κ3) is 10.3. The van der Waals surface area contributed by atoms with Crippen molar-refractivity contribution in [3.8, 4) is 0 Å². The van der Waals surface area contributed by atoms with Gasteiger partial charge in [-0.25, -0.2) is 0 Å². The van der Waals surface area contributed by atoms with Gasteiger partial charge in [0.2, 0.25) is 0 Å². The highest BCUT2D eigenvalue weighted by Crippen LogP contribution is 2.37. The summed E-state index contributed by atoms with van der Waals surface area (Å²) < 4.78 is 0. The number of hydrogen-bond acceptors (Lipinski definition) is 0. The molecule has 0 radical (unpaired) electrons. The molecular formula is C25H48. The smallest absolute Gasteiger partial charge is 0.0122 e. The number of allylic oxidation sites excluding steroid dienone is 3. The standard InChI is InChI=1S/C25H48/c1-8-13-15-18-23(17-14-9-2)21-22(6)19-20-24(16-10-3)25(7,11-4)12-5/h20,23H,6,8-19,21H2,1-5,7H3. The molecule has 0 aromatic heterocycles. The largest absolute Gasteiger partial charge is 0.0995 e. The molecule has 0 saturated heterocycles. The third-order valence-corrected chi connectivity index (χ3v) is 6.25. The number of rotatable bonds is 16. The van der Waals surface area contributed by atoms with E-state index in [4.69, 9.17) is 0 Å². The number of hydrogen-bond donors (Lipinski definition) is 0. The Balaban J connectivity index is 4.76. The van der Waals surface area contributed by atoms with Crippen LogP contribution >= 0.6 is 0 Å². The van der Waals surface area contributed by atoms with E-state index in [9.17, 15) is 0 Å². The quantitative estimate of drug-likeness (QED) is 0.192. The molecule has 148 valence electrons. The minimum Gasteiger partial charge on any atom is -0.0995 e. The van der Waals surface area contributed by atoms with Crippen LogP contribution in [0.15, 0.2) is 23.8 Å².